The van der Waals surface area contributed by atoms with E-state index in [0.29, 0.717) is 28.9 Å². The quantitative estimate of drug-likeness (QED) is 0.920. The molecule has 0 aromatic heterocycles. The largest absolute Gasteiger partial charge is 0.483 e. The number of likely N-dealkylation sites (tertiary alicyclic amines) is 1. The molecule has 3 nitrogen and oxygen atoms in total. The Kier molecular flexibility index (Phi) is 4.15. The van der Waals surface area contributed by atoms with Gasteiger partial charge in [-0.2, -0.15) is 0 Å². The third kappa shape index (κ3) is 2.86. The highest BCUT2D eigenvalue weighted by atomic mass is 35.5. The molecule has 1 N–H and O–H groups in total. The topological polar surface area (TPSA) is 32.7 Å². The van der Waals surface area contributed by atoms with Gasteiger partial charge in [-0.15, -0.1) is 0 Å². The second kappa shape index (κ2) is 5.44. The van der Waals surface area contributed by atoms with Crippen molar-refractivity contribution in [3.8, 4) is 5.75 Å². The van der Waals surface area contributed by atoms with Crippen molar-refractivity contribution < 1.29 is 9.84 Å². The Morgan fingerprint density at radius 1 is 1.35 bits per heavy atom. The van der Waals surface area contributed by atoms with Gasteiger partial charge in [0.05, 0.1) is 10.0 Å². The standard InChI is InChI=1S/C12H15Cl2NO2/c1-2-15-6-10(16)11(7-15)17-12-8(13)4-3-5-9(12)14/h3-5,10-11,16H,2,6-7H2,1H3/t10-,11-/m0/s1. The molecule has 2 rings (SSSR count). The molecule has 0 bridgehead atoms. The van der Waals surface area contributed by atoms with Gasteiger partial charge in [-0.25, -0.2) is 0 Å². The molecular weight excluding hydrogens is 261 g/mol. The van der Waals surface area contributed by atoms with Crippen LogP contribution in [-0.4, -0.2) is 41.8 Å². The zero-order chi connectivity index (χ0) is 12.4. The van der Waals surface area contributed by atoms with Crippen LogP contribution in [0.2, 0.25) is 10.0 Å². The lowest BCUT2D eigenvalue weighted by Crippen LogP contribution is -2.30. The second-order valence-electron chi connectivity index (χ2n) is 4.13. The van der Waals surface area contributed by atoms with Gasteiger partial charge < -0.3 is 9.84 Å². The molecule has 1 aromatic rings. The molecule has 5 heteroatoms. The number of nitrogens with zero attached hydrogens (tertiary/aromatic N) is 1. The SMILES string of the molecule is CCN1C[C@H](Oc2c(Cl)cccc2Cl)[C@@H](O)C1. The maximum Gasteiger partial charge on any atom is 0.157 e. The molecular formula is C12H15Cl2NO2. The van der Waals surface area contributed by atoms with Gasteiger partial charge in [-0.3, -0.25) is 4.90 Å². The van der Waals surface area contributed by atoms with Crippen molar-refractivity contribution in [3.63, 3.8) is 0 Å². The van der Waals surface area contributed by atoms with Gasteiger partial charge in [-0.05, 0) is 18.7 Å². The van der Waals surface area contributed by atoms with Crippen LogP contribution in [0.15, 0.2) is 18.2 Å². The molecule has 0 saturated carbocycles. The van der Waals surface area contributed by atoms with Gasteiger partial charge in [0.15, 0.2) is 5.75 Å². The Labute approximate surface area is 111 Å². The average molecular weight is 276 g/mol. The summed E-state index contributed by atoms with van der Waals surface area (Å²) >= 11 is 12.0. The average Bonchev–Trinajstić information content (AvgIpc) is 2.65. The summed E-state index contributed by atoms with van der Waals surface area (Å²) in [4.78, 5) is 2.13. The number of hydrogen-bond acceptors (Lipinski definition) is 3. The molecule has 1 fully saturated rings. The van der Waals surface area contributed by atoms with E-state index in [2.05, 4.69) is 11.8 Å². The van der Waals surface area contributed by atoms with Crippen LogP contribution in [0.25, 0.3) is 0 Å². The number of benzene rings is 1. The lowest BCUT2D eigenvalue weighted by Gasteiger charge is -2.18. The number of likely N-dealkylation sites (N-methyl/N-ethyl adjacent to an activating group) is 1. The molecule has 94 valence electrons. The zero-order valence-electron chi connectivity index (χ0n) is 9.57. The molecule has 1 aromatic carbocycles. The first-order valence-electron chi connectivity index (χ1n) is 5.63. The van der Waals surface area contributed by atoms with Crippen LogP contribution in [0.3, 0.4) is 0 Å². The molecule has 17 heavy (non-hydrogen) atoms. The number of para-hydroxylation sites is 1. The first-order valence-corrected chi connectivity index (χ1v) is 6.38. The van der Waals surface area contributed by atoms with Crippen LogP contribution < -0.4 is 4.74 Å². The molecule has 1 saturated heterocycles. The maximum absolute atomic E-state index is 9.88. The normalized spacial score (nSPS) is 25.2. The molecule has 1 aliphatic rings. The Morgan fingerprint density at radius 2 is 2.00 bits per heavy atom. The Bertz CT molecular complexity index is 380. The van der Waals surface area contributed by atoms with Crippen LogP contribution in [0.1, 0.15) is 6.92 Å². The smallest absolute Gasteiger partial charge is 0.157 e. The number of hydrogen-bond donors (Lipinski definition) is 1. The molecule has 0 spiro atoms. The van der Waals surface area contributed by atoms with Gasteiger partial charge >= 0.3 is 0 Å². The summed E-state index contributed by atoms with van der Waals surface area (Å²) in [6.07, 6.45) is -0.769. The van der Waals surface area contributed by atoms with E-state index in [9.17, 15) is 5.11 Å². The summed E-state index contributed by atoms with van der Waals surface area (Å²) in [5.41, 5.74) is 0. The van der Waals surface area contributed by atoms with Crippen molar-refractivity contribution in [3.05, 3.63) is 28.2 Å². The third-order valence-corrected chi connectivity index (χ3v) is 3.54. The monoisotopic (exact) mass is 275 g/mol. The first-order chi connectivity index (χ1) is 8.11. The summed E-state index contributed by atoms with van der Waals surface area (Å²) in [5.74, 6) is 0.456. The molecule has 0 unspecified atom stereocenters. The van der Waals surface area contributed by atoms with E-state index in [-0.39, 0.29) is 6.10 Å². The second-order valence-corrected chi connectivity index (χ2v) is 4.94. The molecule has 2 atom stereocenters. The van der Waals surface area contributed by atoms with Gasteiger partial charge in [0.1, 0.15) is 12.2 Å². The van der Waals surface area contributed by atoms with E-state index in [4.69, 9.17) is 27.9 Å². The summed E-state index contributed by atoms with van der Waals surface area (Å²) < 4.78 is 5.73. The van der Waals surface area contributed by atoms with E-state index in [0.717, 1.165) is 6.54 Å². The molecule has 1 aliphatic heterocycles. The van der Waals surface area contributed by atoms with Crippen LogP contribution in [0.5, 0.6) is 5.75 Å². The lowest BCUT2D eigenvalue weighted by molar-refractivity contribution is 0.0738. The van der Waals surface area contributed by atoms with E-state index in [1.807, 2.05) is 0 Å². The van der Waals surface area contributed by atoms with Crippen molar-refractivity contribution in [2.45, 2.75) is 19.1 Å². The fourth-order valence-corrected chi connectivity index (χ4v) is 2.44. The van der Waals surface area contributed by atoms with Gasteiger partial charge in [-0.1, -0.05) is 36.2 Å². The fraction of sp³-hybridized carbons (Fsp3) is 0.500. The number of ether oxygens (including phenoxy) is 1. The summed E-state index contributed by atoms with van der Waals surface area (Å²) in [6, 6.07) is 5.21. The van der Waals surface area contributed by atoms with Crippen LogP contribution in [-0.2, 0) is 0 Å². The minimum atomic E-state index is -0.498. The van der Waals surface area contributed by atoms with Crippen molar-refractivity contribution in [2.24, 2.45) is 0 Å². The van der Waals surface area contributed by atoms with E-state index in [1.165, 1.54) is 0 Å². The molecule has 0 aliphatic carbocycles. The Balaban J connectivity index is 2.11. The van der Waals surface area contributed by atoms with Crippen LogP contribution in [0.4, 0.5) is 0 Å². The Hall–Kier alpha value is -0.480. The highest BCUT2D eigenvalue weighted by Gasteiger charge is 2.32. The number of β-amino-alcohol motifs (C(OH)–C–C–N with tert-alkyl or cyclic N) is 1. The van der Waals surface area contributed by atoms with Crippen molar-refractivity contribution >= 4 is 23.2 Å². The number of aliphatic hydroxyl groups is 1. The minimum absolute atomic E-state index is 0.271. The van der Waals surface area contributed by atoms with Crippen molar-refractivity contribution in [2.75, 3.05) is 19.6 Å². The predicted octanol–water partition coefficient (Wildman–Crippen LogP) is 2.44. The Morgan fingerprint density at radius 3 is 2.53 bits per heavy atom. The summed E-state index contributed by atoms with van der Waals surface area (Å²) in [5, 5.41) is 10.8. The number of rotatable bonds is 3. The third-order valence-electron chi connectivity index (χ3n) is 2.95. The van der Waals surface area contributed by atoms with Crippen molar-refractivity contribution in [1.82, 2.24) is 4.90 Å². The van der Waals surface area contributed by atoms with Gasteiger partial charge in [0, 0.05) is 13.1 Å². The zero-order valence-corrected chi connectivity index (χ0v) is 11.1. The molecule has 0 radical (unpaired) electrons. The maximum atomic E-state index is 9.88. The first kappa shape index (κ1) is 13.0. The van der Waals surface area contributed by atoms with Crippen LogP contribution in [0, 0.1) is 0 Å². The van der Waals surface area contributed by atoms with E-state index in [1.54, 1.807) is 18.2 Å². The number of halogens is 2. The lowest BCUT2D eigenvalue weighted by atomic mass is 10.2. The predicted molar refractivity (Wildman–Crippen MR) is 69.0 cm³/mol. The van der Waals surface area contributed by atoms with E-state index < -0.39 is 6.10 Å². The summed E-state index contributed by atoms with van der Waals surface area (Å²) in [7, 11) is 0. The molecule has 0 amide bonds. The minimum Gasteiger partial charge on any atom is -0.483 e. The van der Waals surface area contributed by atoms with Gasteiger partial charge in [0.2, 0.25) is 0 Å². The van der Waals surface area contributed by atoms with E-state index >= 15 is 0 Å². The van der Waals surface area contributed by atoms with Crippen LogP contribution >= 0.6 is 23.2 Å². The van der Waals surface area contributed by atoms with Gasteiger partial charge in [0.25, 0.3) is 0 Å². The van der Waals surface area contributed by atoms with Crippen molar-refractivity contribution in [1.29, 1.82) is 0 Å². The highest BCUT2D eigenvalue weighted by molar-refractivity contribution is 6.37. The fourth-order valence-electron chi connectivity index (χ4n) is 1.95. The number of aliphatic hydroxyl groups excluding tert-OH is 1. The molecule has 1 heterocycles. The summed E-state index contributed by atoms with van der Waals surface area (Å²) in [6.45, 7) is 4.27. The highest BCUT2D eigenvalue weighted by Crippen LogP contribution is 2.34.